The molecule has 1 atom stereocenters. The first-order valence-corrected chi connectivity index (χ1v) is 23.8. The van der Waals surface area contributed by atoms with Crippen LogP contribution < -0.4 is 0 Å². The summed E-state index contributed by atoms with van der Waals surface area (Å²) in [5.41, 5.74) is 0. The Balaban J connectivity index is 4.02. The maximum atomic E-state index is 12.4. The number of ether oxygens (including phenoxy) is 2. The van der Waals surface area contributed by atoms with Crippen LogP contribution in [0.3, 0.4) is 0 Å². The summed E-state index contributed by atoms with van der Waals surface area (Å²) in [6.45, 7) is 3.59. The first kappa shape index (κ1) is 53.5. The van der Waals surface area contributed by atoms with Gasteiger partial charge in [-0.15, -0.1) is 0 Å². The summed E-state index contributed by atoms with van der Waals surface area (Å²) in [7, 11) is -4.78. The van der Waals surface area contributed by atoms with Crippen LogP contribution in [0.15, 0.2) is 72.9 Å². The maximum Gasteiger partial charge on any atom is 0.469 e. The minimum atomic E-state index is -4.78. The van der Waals surface area contributed by atoms with Crippen LogP contribution in [-0.2, 0) is 28.2 Å². The molecule has 0 aliphatic carbocycles. The Hall–Kier alpha value is -2.51. The van der Waals surface area contributed by atoms with Gasteiger partial charge in [-0.05, 0) is 77.0 Å². The van der Waals surface area contributed by atoms with Crippen molar-refractivity contribution in [1.29, 1.82) is 0 Å². The van der Waals surface area contributed by atoms with Gasteiger partial charge in [-0.25, -0.2) is 4.57 Å². The Morgan fingerprint density at radius 2 is 0.839 bits per heavy atom. The van der Waals surface area contributed by atoms with Gasteiger partial charge < -0.3 is 19.3 Å². The Kier molecular flexibility index (Phi) is 40.2. The van der Waals surface area contributed by atoms with E-state index in [1.165, 1.54) is 109 Å². The molecule has 0 heterocycles. The van der Waals surface area contributed by atoms with Crippen molar-refractivity contribution in [3.63, 3.8) is 0 Å². The summed E-state index contributed by atoms with van der Waals surface area (Å²) in [5.74, 6) is -0.985. The lowest BCUT2D eigenvalue weighted by molar-refractivity contribution is -0.161. The summed E-state index contributed by atoms with van der Waals surface area (Å²) in [6, 6.07) is 0. The van der Waals surface area contributed by atoms with Crippen LogP contribution in [0, 0.1) is 0 Å². The van der Waals surface area contributed by atoms with Crippen LogP contribution >= 0.6 is 7.82 Å². The number of carbonyl (C=O) groups excluding carboxylic acids is 2. The number of unbranched alkanes of at least 4 members (excludes halogenated alkanes) is 18. The first-order chi connectivity index (χ1) is 27.3. The van der Waals surface area contributed by atoms with Crippen molar-refractivity contribution in [2.45, 2.75) is 200 Å². The second-order valence-electron chi connectivity index (χ2n) is 14.7. The van der Waals surface area contributed by atoms with Crippen molar-refractivity contribution >= 4 is 19.8 Å². The monoisotopic (exact) mass is 805 g/mol. The fourth-order valence-electron chi connectivity index (χ4n) is 5.88. The molecule has 56 heavy (non-hydrogen) atoms. The molecule has 0 aliphatic rings. The molecular formula is C47H81O8P. The van der Waals surface area contributed by atoms with E-state index in [0.29, 0.717) is 12.8 Å². The van der Waals surface area contributed by atoms with E-state index in [-0.39, 0.29) is 19.4 Å². The average Bonchev–Trinajstić information content (AvgIpc) is 3.17. The zero-order chi connectivity index (χ0) is 41.1. The highest BCUT2D eigenvalue weighted by Gasteiger charge is 2.22. The molecule has 0 aromatic carbocycles. The number of carbonyl (C=O) groups is 2. The number of esters is 2. The summed E-state index contributed by atoms with van der Waals surface area (Å²) < 4.78 is 26.4. The summed E-state index contributed by atoms with van der Waals surface area (Å²) in [5, 5.41) is 0. The van der Waals surface area contributed by atoms with Gasteiger partial charge in [0, 0.05) is 12.8 Å². The molecule has 0 rings (SSSR count). The van der Waals surface area contributed by atoms with E-state index in [2.05, 4.69) is 79.1 Å². The lowest BCUT2D eigenvalue weighted by atomic mass is 10.1. The van der Waals surface area contributed by atoms with E-state index in [1.54, 1.807) is 0 Å². The largest absolute Gasteiger partial charge is 0.469 e. The number of hydrogen-bond acceptors (Lipinski definition) is 6. The molecule has 322 valence electrons. The summed E-state index contributed by atoms with van der Waals surface area (Å²) >= 11 is 0. The van der Waals surface area contributed by atoms with Crippen molar-refractivity contribution in [2.75, 3.05) is 13.2 Å². The average molecular weight is 805 g/mol. The number of allylic oxidation sites excluding steroid dienone is 12. The number of phosphoric acid groups is 1. The molecule has 0 bridgehead atoms. The normalized spacial score (nSPS) is 13.1. The van der Waals surface area contributed by atoms with Gasteiger partial charge in [0.15, 0.2) is 6.10 Å². The SMILES string of the molecule is CCCCC/C=C/C/C=C/C/C=C/C/C=C/C/C=C/CCC(=O)OC[C@H](COP(=O)(O)O)OC(=O)CCCCCCCCCCC/C=C/CCCCCCCC. The zero-order valence-corrected chi connectivity index (χ0v) is 36.4. The molecule has 0 aromatic heterocycles. The van der Waals surface area contributed by atoms with Gasteiger partial charge in [0.25, 0.3) is 0 Å². The molecule has 0 unspecified atom stereocenters. The lowest BCUT2D eigenvalue weighted by Gasteiger charge is -2.18. The predicted molar refractivity (Wildman–Crippen MR) is 234 cm³/mol. The summed E-state index contributed by atoms with van der Waals surface area (Å²) in [4.78, 5) is 42.9. The van der Waals surface area contributed by atoms with Crippen LogP contribution in [0.25, 0.3) is 0 Å². The molecule has 0 aliphatic heterocycles. The van der Waals surface area contributed by atoms with Crippen LogP contribution in [-0.4, -0.2) is 41.0 Å². The third-order valence-electron chi connectivity index (χ3n) is 9.21. The van der Waals surface area contributed by atoms with Gasteiger partial charge in [-0.1, -0.05) is 177 Å². The highest BCUT2D eigenvalue weighted by atomic mass is 31.2. The molecule has 0 spiro atoms. The van der Waals surface area contributed by atoms with E-state index in [9.17, 15) is 14.2 Å². The van der Waals surface area contributed by atoms with Crippen LogP contribution in [0.5, 0.6) is 0 Å². The molecule has 0 saturated heterocycles. The summed E-state index contributed by atoms with van der Waals surface area (Å²) in [6.07, 6.45) is 54.9. The van der Waals surface area contributed by atoms with Gasteiger partial charge in [0.2, 0.25) is 0 Å². The molecule has 9 heteroatoms. The van der Waals surface area contributed by atoms with Gasteiger partial charge in [-0.3, -0.25) is 14.1 Å². The molecule has 2 N–H and O–H groups in total. The molecular weight excluding hydrogens is 723 g/mol. The minimum absolute atomic E-state index is 0.141. The van der Waals surface area contributed by atoms with Crippen molar-refractivity contribution in [2.24, 2.45) is 0 Å². The predicted octanol–water partition coefficient (Wildman–Crippen LogP) is 13.9. The first-order valence-electron chi connectivity index (χ1n) is 22.2. The molecule has 0 aromatic rings. The highest BCUT2D eigenvalue weighted by Crippen LogP contribution is 2.36. The molecule has 0 amide bonds. The Morgan fingerprint density at radius 3 is 1.32 bits per heavy atom. The second-order valence-corrected chi connectivity index (χ2v) is 15.9. The third kappa shape index (κ3) is 44.2. The van der Waals surface area contributed by atoms with Gasteiger partial charge in [0.05, 0.1) is 6.61 Å². The maximum absolute atomic E-state index is 12.4. The van der Waals surface area contributed by atoms with E-state index < -0.39 is 32.5 Å². The van der Waals surface area contributed by atoms with Crippen molar-refractivity contribution < 1.29 is 37.9 Å². The number of rotatable bonds is 40. The number of hydrogen-bond donors (Lipinski definition) is 2. The molecule has 0 saturated carbocycles. The Morgan fingerprint density at radius 1 is 0.464 bits per heavy atom. The van der Waals surface area contributed by atoms with Crippen molar-refractivity contribution in [3.05, 3.63) is 72.9 Å². The van der Waals surface area contributed by atoms with Gasteiger partial charge >= 0.3 is 19.8 Å². The Labute approximate surface area is 342 Å². The highest BCUT2D eigenvalue weighted by molar-refractivity contribution is 7.46. The Bertz CT molecular complexity index is 1130. The fourth-order valence-corrected chi connectivity index (χ4v) is 6.24. The van der Waals surface area contributed by atoms with Crippen LogP contribution in [0.1, 0.15) is 194 Å². The van der Waals surface area contributed by atoms with Gasteiger partial charge in [0.1, 0.15) is 6.61 Å². The molecule has 0 radical (unpaired) electrons. The topological polar surface area (TPSA) is 119 Å². The zero-order valence-electron chi connectivity index (χ0n) is 35.5. The third-order valence-corrected chi connectivity index (χ3v) is 9.70. The second kappa shape index (κ2) is 42.1. The fraction of sp³-hybridized carbons (Fsp3) is 0.702. The van der Waals surface area contributed by atoms with Crippen molar-refractivity contribution in [3.8, 4) is 0 Å². The van der Waals surface area contributed by atoms with Crippen molar-refractivity contribution in [1.82, 2.24) is 0 Å². The van der Waals surface area contributed by atoms with E-state index >= 15 is 0 Å². The van der Waals surface area contributed by atoms with Gasteiger partial charge in [-0.2, -0.15) is 0 Å². The standard InChI is InChI=1S/C47H81O8P/c1-3-5-7-9-11-13-15-17-19-21-23-25-27-29-31-33-35-37-39-41-46(48)53-43-45(44-54-56(50,51)52)55-47(49)42-40-38-36-34-32-30-28-26-24-22-20-18-16-14-12-10-8-6-4-2/h11,13,17-20,23,25,29,31,35,37,45H,3-10,12,14-16,21-22,24,26-28,30,32-34,36,38-44H2,1-2H3,(H2,50,51,52)/b13-11+,19-17+,20-18+,25-23+,31-29+,37-35+/t45-/m1/s1. The number of phosphoric ester groups is 1. The lowest BCUT2D eigenvalue weighted by Crippen LogP contribution is -2.29. The minimum Gasteiger partial charge on any atom is -0.462 e. The van der Waals surface area contributed by atoms with E-state index in [1.807, 2.05) is 12.2 Å². The van der Waals surface area contributed by atoms with E-state index in [4.69, 9.17) is 19.3 Å². The van der Waals surface area contributed by atoms with E-state index in [0.717, 1.165) is 44.9 Å². The van der Waals surface area contributed by atoms with Crippen LogP contribution in [0.4, 0.5) is 0 Å². The molecule has 8 nitrogen and oxygen atoms in total. The molecule has 0 fully saturated rings. The smallest absolute Gasteiger partial charge is 0.462 e. The quantitative estimate of drug-likeness (QED) is 0.0272. The van der Waals surface area contributed by atoms with Crippen LogP contribution in [0.2, 0.25) is 0 Å².